The highest BCUT2D eigenvalue weighted by atomic mass is 19.4. The second-order valence-electron chi connectivity index (χ2n) is 3.40. The molecular formula is C10H14F3N3. The number of aromatic nitrogens is 1. The maximum atomic E-state index is 11.8. The average Bonchev–Trinajstić information content (AvgIpc) is 2.23. The molecule has 0 aliphatic heterocycles. The highest BCUT2D eigenvalue weighted by molar-refractivity contribution is 5.15. The van der Waals surface area contributed by atoms with E-state index in [2.05, 4.69) is 10.3 Å². The lowest BCUT2D eigenvalue weighted by Gasteiger charge is -2.08. The molecule has 0 bridgehead atoms. The number of hydrogen-bond acceptors (Lipinski definition) is 3. The highest BCUT2D eigenvalue weighted by Gasteiger charge is 2.25. The van der Waals surface area contributed by atoms with Gasteiger partial charge in [-0.3, -0.25) is 4.98 Å². The van der Waals surface area contributed by atoms with Gasteiger partial charge in [0.1, 0.15) is 0 Å². The molecule has 0 aromatic carbocycles. The van der Waals surface area contributed by atoms with E-state index in [0.29, 0.717) is 13.1 Å². The summed E-state index contributed by atoms with van der Waals surface area (Å²) in [6.45, 7) is 0.645. The fourth-order valence-electron chi connectivity index (χ4n) is 1.21. The number of nitrogens with one attached hydrogen (secondary N) is 1. The zero-order chi connectivity index (χ0) is 12.0. The Morgan fingerprint density at radius 3 is 2.75 bits per heavy atom. The molecule has 90 valence electrons. The van der Waals surface area contributed by atoms with E-state index in [1.54, 1.807) is 18.3 Å². The van der Waals surface area contributed by atoms with Gasteiger partial charge < -0.3 is 11.1 Å². The minimum Gasteiger partial charge on any atom is -0.325 e. The maximum Gasteiger partial charge on any atom is 0.390 e. The molecule has 0 atom stereocenters. The van der Waals surface area contributed by atoms with Crippen LogP contribution in [0, 0.1) is 0 Å². The highest BCUT2D eigenvalue weighted by Crippen LogP contribution is 2.18. The van der Waals surface area contributed by atoms with E-state index >= 15 is 0 Å². The molecule has 3 N–H and O–H groups in total. The summed E-state index contributed by atoms with van der Waals surface area (Å²) in [6.07, 6.45) is -3.32. The van der Waals surface area contributed by atoms with Gasteiger partial charge in [0.2, 0.25) is 0 Å². The Hall–Kier alpha value is -1.14. The van der Waals surface area contributed by atoms with Gasteiger partial charge in [-0.25, -0.2) is 0 Å². The molecule has 16 heavy (non-hydrogen) atoms. The van der Waals surface area contributed by atoms with Gasteiger partial charge in [-0.15, -0.1) is 0 Å². The van der Waals surface area contributed by atoms with Crippen molar-refractivity contribution in [2.75, 3.05) is 6.54 Å². The molecule has 0 saturated heterocycles. The molecule has 0 aliphatic carbocycles. The number of nitrogens with two attached hydrogens (primary N) is 1. The van der Waals surface area contributed by atoms with Crippen molar-refractivity contribution in [3.63, 3.8) is 0 Å². The minimum absolute atomic E-state index is 0.0796. The Kier molecular flexibility index (Phi) is 4.70. The number of halogens is 3. The quantitative estimate of drug-likeness (QED) is 0.759. The number of alkyl halides is 3. The van der Waals surface area contributed by atoms with Gasteiger partial charge in [0, 0.05) is 25.8 Å². The molecule has 0 amide bonds. The predicted octanol–water partition coefficient (Wildman–Crippen LogP) is 1.58. The van der Waals surface area contributed by atoms with Crippen molar-refractivity contribution in [2.24, 2.45) is 5.73 Å². The summed E-state index contributed by atoms with van der Waals surface area (Å²) < 4.78 is 35.5. The van der Waals surface area contributed by atoms with Crippen molar-refractivity contribution in [1.29, 1.82) is 0 Å². The van der Waals surface area contributed by atoms with E-state index in [4.69, 9.17) is 5.73 Å². The zero-order valence-electron chi connectivity index (χ0n) is 8.72. The molecule has 1 aromatic rings. The van der Waals surface area contributed by atoms with Gasteiger partial charge in [0.15, 0.2) is 0 Å². The molecule has 0 aliphatic rings. The third-order valence-corrected chi connectivity index (χ3v) is 2.00. The number of pyridine rings is 1. The summed E-state index contributed by atoms with van der Waals surface area (Å²) in [4.78, 5) is 3.99. The molecule has 0 radical (unpaired) electrons. The van der Waals surface area contributed by atoms with Gasteiger partial charge in [0.05, 0.1) is 12.1 Å². The first-order valence-electron chi connectivity index (χ1n) is 4.92. The first-order valence-corrected chi connectivity index (χ1v) is 4.92. The van der Waals surface area contributed by atoms with Gasteiger partial charge in [-0.2, -0.15) is 13.2 Å². The van der Waals surface area contributed by atoms with E-state index in [1.807, 2.05) is 0 Å². The molecule has 0 unspecified atom stereocenters. The fraction of sp³-hybridized carbons (Fsp3) is 0.500. The van der Waals surface area contributed by atoms with Gasteiger partial charge in [0.25, 0.3) is 0 Å². The Morgan fingerprint density at radius 1 is 1.38 bits per heavy atom. The van der Waals surface area contributed by atoms with Gasteiger partial charge in [-0.1, -0.05) is 0 Å². The molecule has 1 heterocycles. The number of hydrogen-bond donors (Lipinski definition) is 2. The van der Waals surface area contributed by atoms with Crippen LogP contribution in [0.15, 0.2) is 18.3 Å². The number of rotatable bonds is 5. The summed E-state index contributed by atoms with van der Waals surface area (Å²) in [7, 11) is 0. The van der Waals surface area contributed by atoms with Crippen LogP contribution in [0.25, 0.3) is 0 Å². The van der Waals surface area contributed by atoms with Crippen molar-refractivity contribution in [1.82, 2.24) is 10.3 Å². The molecule has 0 saturated carbocycles. The van der Waals surface area contributed by atoms with Crippen molar-refractivity contribution in [3.8, 4) is 0 Å². The van der Waals surface area contributed by atoms with Crippen LogP contribution in [0.3, 0.4) is 0 Å². The molecule has 0 fully saturated rings. The Labute approximate surface area is 91.9 Å². The predicted molar refractivity (Wildman–Crippen MR) is 54.5 cm³/mol. The largest absolute Gasteiger partial charge is 0.390 e. The van der Waals surface area contributed by atoms with Crippen LogP contribution < -0.4 is 11.1 Å². The molecule has 0 spiro atoms. The molecule has 1 rings (SSSR count). The lowest BCUT2D eigenvalue weighted by molar-refractivity contribution is -0.133. The molecule has 6 heteroatoms. The van der Waals surface area contributed by atoms with Crippen molar-refractivity contribution < 1.29 is 13.2 Å². The molecule has 3 nitrogen and oxygen atoms in total. The van der Waals surface area contributed by atoms with E-state index in [0.717, 1.165) is 11.3 Å². The van der Waals surface area contributed by atoms with Crippen LogP contribution >= 0.6 is 0 Å². The lowest BCUT2D eigenvalue weighted by atomic mass is 10.2. The SMILES string of the molecule is NCc1cc(CNCCC(F)(F)F)ccn1. The Balaban J connectivity index is 2.32. The fourth-order valence-corrected chi connectivity index (χ4v) is 1.21. The first kappa shape index (κ1) is 12.9. The van der Waals surface area contributed by atoms with Crippen LogP contribution in [0.1, 0.15) is 17.7 Å². The first-order chi connectivity index (χ1) is 7.51. The van der Waals surface area contributed by atoms with Crippen molar-refractivity contribution in [3.05, 3.63) is 29.6 Å². The minimum atomic E-state index is -4.10. The summed E-state index contributed by atoms with van der Waals surface area (Å²) in [6, 6.07) is 3.53. The Bertz CT molecular complexity index is 325. The summed E-state index contributed by atoms with van der Waals surface area (Å²) in [5.41, 5.74) is 7.02. The van der Waals surface area contributed by atoms with E-state index in [9.17, 15) is 13.2 Å². The van der Waals surface area contributed by atoms with Gasteiger partial charge >= 0.3 is 6.18 Å². The topological polar surface area (TPSA) is 50.9 Å². The van der Waals surface area contributed by atoms with E-state index < -0.39 is 12.6 Å². The molecule has 1 aromatic heterocycles. The number of nitrogens with zero attached hydrogens (tertiary/aromatic N) is 1. The van der Waals surface area contributed by atoms with E-state index in [-0.39, 0.29) is 6.54 Å². The average molecular weight is 233 g/mol. The second-order valence-corrected chi connectivity index (χ2v) is 3.40. The van der Waals surface area contributed by atoms with Crippen LogP contribution in [0.2, 0.25) is 0 Å². The molecular weight excluding hydrogens is 219 g/mol. The standard InChI is InChI=1S/C10H14F3N3/c11-10(12,13)2-4-15-7-8-1-3-16-9(5-8)6-14/h1,3,5,15H,2,4,6-7,14H2. The maximum absolute atomic E-state index is 11.8. The van der Waals surface area contributed by atoms with Crippen molar-refractivity contribution >= 4 is 0 Å². The normalized spacial score (nSPS) is 11.8. The third-order valence-electron chi connectivity index (χ3n) is 2.00. The smallest absolute Gasteiger partial charge is 0.325 e. The van der Waals surface area contributed by atoms with Crippen LogP contribution in [0.4, 0.5) is 13.2 Å². The van der Waals surface area contributed by atoms with Crippen molar-refractivity contribution in [2.45, 2.75) is 25.7 Å². The summed E-state index contributed by atoms with van der Waals surface area (Å²) in [5.74, 6) is 0. The van der Waals surface area contributed by atoms with Crippen LogP contribution in [-0.4, -0.2) is 17.7 Å². The monoisotopic (exact) mass is 233 g/mol. The van der Waals surface area contributed by atoms with Crippen LogP contribution in [0.5, 0.6) is 0 Å². The van der Waals surface area contributed by atoms with E-state index in [1.165, 1.54) is 0 Å². The Morgan fingerprint density at radius 2 is 2.12 bits per heavy atom. The summed E-state index contributed by atoms with van der Waals surface area (Å²) in [5, 5.41) is 2.72. The third kappa shape index (κ3) is 5.09. The summed E-state index contributed by atoms with van der Waals surface area (Å²) >= 11 is 0. The second kappa shape index (κ2) is 5.81. The van der Waals surface area contributed by atoms with Crippen LogP contribution in [-0.2, 0) is 13.1 Å². The zero-order valence-corrected chi connectivity index (χ0v) is 8.72. The van der Waals surface area contributed by atoms with Gasteiger partial charge in [-0.05, 0) is 17.7 Å². The lowest BCUT2D eigenvalue weighted by Crippen LogP contribution is -2.21.